The Balaban J connectivity index is 2.65. The van der Waals surface area contributed by atoms with Crippen molar-refractivity contribution in [1.82, 2.24) is 5.32 Å². The third-order valence-corrected chi connectivity index (χ3v) is 3.85. The fourth-order valence-corrected chi connectivity index (χ4v) is 2.07. The van der Waals surface area contributed by atoms with E-state index >= 15 is 0 Å². The molecule has 0 aliphatic rings. The van der Waals surface area contributed by atoms with E-state index in [0.29, 0.717) is 12.0 Å². The molecule has 18 heavy (non-hydrogen) atoms. The Morgan fingerprint density at radius 3 is 2.72 bits per heavy atom. The Bertz CT molecular complexity index is 460. The van der Waals surface area contributed by atoms with Gasteiger partial charge >= 0.3 is 5.97 Å². The highest BCUT2D eigenvalue weighted by Gasteiger charge is 2.13. The zero-order chi connectivity index (χ0) is 13.7. The van der Waals surface area contributed by atoms with E-state index in [0.717, 1.165) is 9.13 Å². The minimum Gasteiger partial charge on any atom is -0.481 e. The van der Waals surface area contributed by atoms with Gasteiger partial charge in [0.25, 0.3) is 5.91 Å². The maximum Gasteiger partial charge on any atom is 0.303 e. The number of nitrogens with one attached hydrogen (secondary N) is 1. The minimum atomic E-state index is -0.846. The van der Waals surface area contributed by atoms with Crippen LogP contribution in [0, 0.1) is 10.5 Å². The summed E-state index contributed by atoms with van der Waals surface area (Å²) in [6.07, 6.45) is 0.497. The summed E-state index contributed by atoms with van der Waals surface area (Å²) < 4.78 is 1.04. The Labute approximate surface area is 120 Å². The molecule has 5 heteroatoms. The van der Waals surface area contributed by atoms with Gasteiger partial charge in [-0.3, -0.25) is 9.59 Å². The molecule has 0 saturated carbocycles. The standard InChI is InChI=1S/C13H16INO3/c1-8(6-7-12(16)17)15-13(18)10-4-3-5-11(14)9(10)2/h3-5,8H,6-7H2,1-2H3,(H,15,18)(H,16,17). The van der Waals surface area contributed by atoms with Crippen LogP contribution in [0.5, 0.6) is 0 Å². The van der Waals surface area contributed by atoms with E-state index in [-0.39, 0.29) is 18.4 Å². The highest BCUT2D eigenvalue weighted by Crippen LogP contribution is 2.15. The van der Waals surface area contributed by atoms with Gasteiger partial charge in [-0.2, -0.15) is 0 Å². The molecule has 0 fully saturated rings. The quantitative estimate of drug-likeness (QED) is 0.793. The fraction of sp³-hybridized carbons (Fsp3) is 0.385. The van der Waals surface area contributed by atoms with Crippen LogP contribution in [-0.4, -0.2) is 23.0 Å². The lowest BCUT2D eigenvalue weighted by Gasteiger charge is -2.14. The van der Waals surface area contributed by atoms with E-state index in [2.05, 4.69) is 27.9 Å². The van der Waals surface area contributed by atoms with E-state index in [1.165, 1.54) is 0 Å². The third kappa shape index (κ3) is 4.29. The van der Waals surface area contributed by atoms with Crippen LogP contribution in [-0.2, 0) is 4.79 Å². The molecule has 0 heterocycles. The average Bonchev–Trinajstić information content (AvgIpc) is 2.30. The summed E-state index contributed by atoms with van der Waals surface area (Å²) in [4.78, 5) is 22.5. The maximum atomic E-state index is 12.0. The molecule has 1 amide bonds. The van der Waals surface area contributed by atoms with Crippen molar-refractivity contribution in [2.75, 3.05) is 0 Å². The first kappa shape index (κ1) is 14.9. The molecule has 0 saturated heterocycles. The number of benzene rings is 1. The van der Waals surface area contributed by atoms with Gasteiger partial charge in [0.15, 0.2) is 0 Å². The molecule has 98 valence electrons. The molecule has 4 nitrogen and oxygen atoms in total. The molecule has 1 aromatic carbocycles. The van der Waals surface area contributed by atoms with Crippen molar-refractivity contribution in [2.24, 2.45) is 0 Å². The zero-order valence-corrected chi connectivity index (χ0v) is 12.5. The van der Waals surface area contributed by atoms with Crippen molar-refractivity contribution in [1.29, 1.82) is 0 Å². The summed E-state index contributed by atoms with van der Waals surface area (Å²) >= 11 is 2.18. The summed E-state index contributed by atoms with van der Waals surface area (Å²) in [5, 5.41) is 11.4. The van der Waals surface area contributed by atoms with Crippen molar-refractivity contribution in [2.45, 2.75) is 32.7 Å². The molecule has 0 radical (unpaired) electrons. The zero-order valence-electron chi connectivity index (χ0n) is 10.4. The largest absolute Gasteiger partial charge is 0.481 e. The van der Waals surface area contributed by atoms with Crippen molar-refractivity contribution in [3.63, 3.8) is 0 Å². The molecule has 1 aromatic rings. The fourth-order valence-electron chi connectivity index (χ4n) is 1.57. The van der Waals surface area contributed by atoms with Crippen LogP contribution in [0.1, 0.15) is 35.7 Å². The van der Waals surface area contributed by atoms with Gasteiger partial charge in [-0.25, -0.2) is 0 Å². The summed E-state index contributed by atoms with van der Waals surface area (Å²) in [6, 6.07) is 5.41. The lowest BCUT2D eigenvalue weighted by molar-refractivity contribution is -0.137. The molecular weight excluding hydrogens is 345 g/mol. The van der Waals surface area contributed by atoms with Crippen molar-refractivity contribution in [3.05, 3.63) is 32.9 Å². The minimum absolute atomic E-state index is 0.0623. The summed E-state index contributed by atoms with van der Waals surface area (Å²) in [7, 11) is 0. The predicted octanol–water partition coefficient (Wildman–Crippen LogP) is 2.58. The number of hydrogen-bond donors (Lipinski definition) is 2. The number of carboxylic acid groups (broad SMARTS) is 1. The monoisotopic (exact) mass is 361 g/mol. The molecule has 0 aromatic heterocycles. The van der Waals surface area contributed by atoms with E-state index in [1.807, 2.05) is 26.0 Å². The molecular formula is C13H16INO3. The van der Waals surface area contributed by atoms with Gasteiger partial charge in [0, 0.05) is 21.6 Å². The first-order chi connectivity index (χ1) is 8.41. The van der Waals surface area contributed by atoms with Crippen LogP contribution in [0.3, 0.4) is 0 Å². The predicted molar refractivity (Wildman–Crippen MR) is 77.7 cm³/mol. The van der Waals surface area contributed by atoms with Gasteiger partial charge in [0.05, 0.1) is 0 Å². The number of carbonyl (C=O) groups is 2. The Morgan fingerprint density at radius 1 is 1.44 bits per heavy atom. The van der Waals surface area contributed by atoms with Crippen LogP contribution in [0.2, 0.25) is 0 Å². The summed E-state index contributed by atoms with van der Waals surface area (Å²) in [6.45, 7) is 3.71. The van der Waals surface area contributed by atoms with Crippen LogP contribution >= 0.6 is 22.6 Å². The summed E-state index contributed by atoms with van der Waals surface area (Å²) in [5.41, 5.74) is 1.59. The molecule has 1 atom stereocenters. The van der Waals surface area contributed by atoms with Crippen molar-refractivity contribution in [3.8, 4) is 0 Å². The van der Waals surface area contributed by atoms with Gasteiger partial charge in [-0.1, -0.05) is 6.07 Å². The summed E-state index contributed by atoms with van der Waals surface area (Å²) in [5.74, 6) is -0.995. The van der Waals surface area contributed by atoms with Crippen LogP contribution < -0.4 is 5.32 Å². The Kier molecular flexibility index (Phi) is 5.58. The van der Waals surface area contributed by atoms with E-state index in [9.17, 15) is 9.59 Å². The molecule has 1 rings (SSSR count). The molecule has 0 spiro atoms. The molecule has 1 unspecified atom stereocenters. The lowest BCUT2D eigenvalue weighted by atomic mass is 10.1. The SMILES string of the molecule is Cc1c(I)cccc1C(=O)NC(C)CCC(=O)O. The van der Waals surface area contributed by atoms with Crippen LogP contribution in [0.25, 0.3) is 0 Å². The van der Waals surface area contributed by atoms with Gasteiger partial charge < -0.3 is 10.4 Å². The number of carboxylic acids is 1. The topological polar surface area (TPSA) is 66.4 Å². The molecule has 2 N–H and O–H groups in total. The first-order valence-corrected chi connectivity index (χ1v) is 6.77. The second-order valence-corrected chi connectivity index (χ2v) is 5.38. The Hall–Kier alpha value is -1.11. The van der Waals surface area contributed by atoms with Crippen molar-refractivity contribution >= 4 is 34.5 Å². The van der Waals surface area contributed by atoms with E-state index in [1.54, 1.807) is 6.07 Å². The molecule has 0 aliphatic heterocycles. The lowest BCUT2D eigenvalue weighted by Crippen LogP contribution is -2.33. The smallest absolute Gasteiger partial charge is 0.303 e. The Morgan fingerprint density at radius 2 is 2.11 bits per heavy atom. The van der Waals surface area contributed by atoms with Gasteiger partial charge in [0.2, 0.25) is 0 Å². The number of rotatable bonds is 5. The second kappa shape index (κ2) is 6.72. The van der Waals surface area contributed by atoms with E-state index in [4.69, 9.17) is 5.11 Å². The number of aliphatic carboxylic acids is 1. The molecule has 0 aliphatic carbocycles. The van der Waals surface area contributed by atoms with Crippen LogP contribution in [0.15, 0.2) is 18.2 Å². The van der Waals surface area contributed by atoms with E-state index < -0.39 is 5.97 Å². The number of hydrogen-bond acceptors (Lipinski definition) is 2. The highest BCUT2D eigenvalue weighted by molar-refractivity contribution is 14.1. The average molecular weight is 361 g/mol. The second-order valence-electron chi connectivity index (χ2n) is 4.22. The molecule has 0 bridgehead atoms. The van der Waals surface area contributed by atoms with Gasteiger partial charge in [-0.05, 0) is 60.6 Å². The third-order valence-electron chi connectivity index (χ3n) is 2.68. The highest BCUT2D eigenvalue weighted by atomic mass is 127. The van der Waals surface area contributed by atoms with Crippen LogP contribution in [0.4, 0.5) is 0 Å². The number of amides is 1. The number of carbonyl (C=O) groups excluding carboxylic acids is 1. The first-order valence-electron chi connectivity index (χ1n) is 5.69. The maximum absolute atomic E-state index is 12.0. The number of halogens is 1. The van der Waals surface area contributed by atoms with Crippen molar-refractivity contribution < 1.29 is 14.7 Å². The normalized spacial score (nSPS) is 11.9. The van der Waals surface area contributed by atoms with Gasteiger partial charge in [0.1, 0.15) is 0 Å². The van der Waals surface area contributed by atoms with Gasteiger partial charge in [-0.15, -0.1) is 0 Å².